The number of nitrogens with one attached hydrogen (secondary N) is 2. The van der Waals surface area contributed by atoms with Crippen LogP contribution in [0, 0.1) is 11.2 Å². The van der Waals surface area contributed by atoms with Crippen LogP contribution >= 0.6 is 0 Å². The summed E-state index contributed by atoms with van der Waals surface area (Å²) in [7, 11) is 1.63. The third-order valence-electron chi connectivity index (χ3n) is 4.18. The molecule has 0 saturated carbocycles. The van der Waals surface area contributed by atoms with Crippen molar-refractivity contribution < 1.29 is 13.9 Å². The minimum Gasteiger partial charge on any atom is -0.384 e. The molecule has 0 aliphatic carbocycles. The van der Waals surface area contributed by atoms with E-state index in [0.29, 0.717) is 6.61 Å². The molecule has 1 aliphatic rings. The number of ether oxygens (including phenoxy) is 1. The molecule has 0 bridgehead atoms. The molecule has 21 heavy (non-hydrogen) atoms. The number of carbonyl (C=O) groups excluding carboxylic acids is 1. The average molecular weight is 294 g/mol. The summed E-state index contributed by atoms with van der Waals surface area (Å²) in [6.07, 6.45) is 1.53. The molecular weight excluding hydrogens is 271 g/mol. The lowest BCUT2D eigenvalue weighted by Crippen LogP contribution is -2.50. The van der Waals surface area contributed by atoms with Crippen molar-refractivity contribution >= 4 is 5.91 Å². The van der Waals surface area contributed by atoms with Gasteiger partial charge in [0.2, 0.25) is 5.91 Å². The molecule has 0 aromatic heterocycles. The number of rotatable bonds is 5. The van der Waals surface area contributed by atoms with Crippen LogP contribution in [-0.4, -0.2) is 32.7 Å². The zero-order chi connectivity index (χ0) is 15.3. The maximum atomic E-state index is 13.0. The van der Waals surface area contributed by atoms with Crippen LogP contribution in [0.1, 0.15) is 31.4 Å². The molecule has 5 heteroatoms. The molecule has 4 nitrogen and oxygen atoms in total. The molecule has 2 rings (SSSR count). The number of amides is 1. The second kappa shape index (κ2) is 7.00. The molecule has 0 spiro atoms. The topological polar surface area (TPSA) is 50.4 Å². The zero-order valence-corrected chi connectivity index (χ0v) is 12.6. The summed E-state index contributed by atoms with van der Waals surface area (Å²) in [4.78, 5) is 12.7. The van der Waals surface area contributed by atoms with Crippen molar-refractivity contribution in [2.45, 2.75) is 25.8 Å². The largest absolute Gasteiger partial charge is 0.384 e. The summed E-state index contributed by atoms with van der Waals surface area (Å²) in [5.41, 5.74) is 0.431. The maximum absolute atomic E-state index is 13.0. The van der Waals surface area contributed by atoms with Gasteiger partial charge in [0.1, 0.15) is 5.82 Å². The minimum atomic E-state index is -0.464. The Labute approximate surface area is 125 Å². The summed E-state index contributed by atoms with van der Waals surface area (Å²) in [5.74, 6) is -0.255. The van der Waals surface area contributed by atoms with Crippen LogP contribution < -0.4 is 10.6 Å². The molecule has 1 atom stereocenters. The molecule has 1 saturated heterocycles. The van der Waals surface area contributed by atoms with Gasteiger partial charge in [-0.15, -0.1) is 0 Å². The number of halogens is 1. The highest BCUT2D eigenvalue weighted by molar-refractivity contribution is 5.83. The number of hydrogen-bond donors (Lipinski definition) is 2. The Balaban J connectivity index is 2.05. The lowest BCUT2D eigenvalue weighted by molar-refractivity contribution is -0.136. The number of piperidine rings is 1. The fraction of sp³-hybridized carbons (Fsp3) is 0.562. The minimum absolute atomic E-state index is 0.0164. The second-order valence-corrected chi connectivity index (χ2v) is 5.71. The molecule has 1 aromatic carbocycles. The molecular formula is C16H23FN2O2. The van der Waals surface area contributed by atoms with Gasteiger partial charge in [-0.25, -0.2) is 4.39 Å². The maximum Gasteiger partial charge on any atom is 0.229 e. The van der Waals surface area contributed by atoms with Crippen LogP contribution in [0.5, 0.6) is 0 Å². The molecule has 0 radical (unpaired) electrons. The van der Waals surface area contributed by atoms with E-state index in [1.807, 2.05) is 6.92 Å². The highest BCUT2D eigenvalue weighted by Crippen LogP contribution is 2.30. The number of methoxy groups -OCH3 is 1. The monoisotopic (exact) mass is 294 g/mol. The van der Waals surface area contributed by atoms with Crippen molar-refractivity contribution in [1.82, 2.24) is 10.6 Å². The second-order valence-electron chi connectivity index (χ2n) is 5.71. The molecule has 1 amide bonds. The van der Waals surface area contributed by atoms with Crippen molar-refractivity contribution in [2.75, 3.05) is 26.8 Å². The van der Waals surface area contributed by atoms with E-state index >= 15 is 0 Å². The molecule has 1 aromatic rings. The quantitative estimate of drug-likeness (QED) is 0.873. The van der Waals surface area contributed by atoms with Crippen molar-refractivity contribution in [2.24, 2.45) is 5.41 Å². The highest BCUT2D eigenvalue weighted by Gasteiger charge is 2.40. The van der Waals surface area contributed by atoms with Gasteiger partial charge in [0.25, 0.3) is 0 Å². The average Bonchev–Trinajstić information content (AvgIpc) is 2.49. The Morgan fingerprint density at radius 1 is 1.38 bits per heavy atom. The smallest absolute Gasteiger partial charge is 0.229 e. The summed E-state index contributed by atoms with van der Waals surface area (Å²) >= 11 is 0. The molecule has 1 aliphatic heterocycles. The van der Waals surface area contributed by atoms with Gasteiger partial charge in [0.15, 0.2) is 0 Å². The van der Waals surface area contributed by atoms with Gasteiger partial charge in [-0.1, -0.05) is 12.1 Å². The summed E-state index contributed by atoms with van der Waals surface area (Å²) in [6.45, 7) is 3.98. The first-order chi connectivity index (χ1) is 10.1. The van der Waals surface area contributed by atoms with Gasteiger partial charge < -0.3 is 15.4 Å². The van der Waals surface area contributed by atoms with Gasteiger partial charge >= 0.3 is 0 Å². The third-order valence-corrected chi connectivity index (χ3v) is 4.18. The normalized spacial score (nSPS) is 19.0. The van der Waals surface area contributed by atoms with E-state index in [2.05, 4.69) is 10.6 Å². The first kappa shape index (κ1) is 15.9. The SMILES string of the molecule is COCC1(C(=O)NC(C)c2ccc(F)cc2)CCNCC1. The summed E-state index contributed by atoms with van der Waals surface area (Å²) in [6, 6.07) is 6.07. The molecule has 1 heterocycles. The number of carbonyl (C=O) groups is 1. The van der Waals surface area contributed by atoms with Crippen molar-refractivity contribution in [3.8, 4) is 0 Å². The van der Waals surface area contributed by atoms with Gasteiger partial charge in [-0.2, -0.15) is 0 Å². The van der Waals surface area contributed by atoms with Crippen LogP contribution in [-0.2, 0) is 9.53 Å². The highest BCUT2D eigenvalue weighted by atomic mass is 19.1. The van der Waals surface area contributed by atoms with Crippen molar-refractivity contribution in [1.29, 1.82) is 0 Å². The first-order valence-corrected chi connectivity index (χ1v) is 7.33. The predicted octanol–water partition coefficient (Wildman–Crippen LogP) is 2.02. The van der Waals surface area contributed by atoms with Crippen LogP contribution in [0.2, 0.25) is 0 Å². The first-order valence-electron chi connectivity index (χ1n) is 7.33. The van der Waals surface area contributed by atoms with Crippen LogP contribution in [0.25, 0.3) is 0 Å². The van der Waals surface area contributed by atoms with E-state index in [-0.39, 0.29) is 17.8 Å². The van der Waals surface area contributed by atoms with Crippen LogP contribution in [0.4, 0.5) is 4.39 Å². The lowest BCUT2D eigenvalue weighted by atomic mass is 9.78. The number of benzene rings is 1. The molecule has 2 N–H and O–H groups in total. The van der Waals surface area contributed by atoms with Gasteiger partial charge in [-0.05, 0) is 50.6 Å². The third kappa shape index (κ3) is 3.80. The van der Waals surface area contributed by atoms with Gasteiger partial charge in [0.05, 0.1) is 18.1 Å². The van der Waals surface area contributed by atoms with E-state index < -0.39 is 5.41 Å². The molecule has 1 unspecified atom stereocenters. The predicted molar refractivity (Wildman–Crippen MR) is 79.4 cm³/mol. The van der Waals surface area contributed by atoms with Crippen molar-refractivity contribution in [3.63, 3.8) is 0 Å². The Bertz CT molecular complexity index is 464. The van der Waals surface area contributed by atoms with E-state index in [9.17, 15) is 9.18 Å². The standard InChI is InChI=1S/C16H23FN2O2/c1-12(13-3-5-14(17)6-4-13)19-15(20)16(11-21-2)7-9-18-10-8-16/h3-6,12,18H,7-11H2,1-2H3,(H,19,20). The number of hydrogen-bond acceptors (Lipinski definition) is 3. The van der Waals surface area contributed by atoms with E-state index in [4.69, 9.17) is 4.74 Å². The van der Waals surface area contributed by atoms with Crippen molar-refractivity contribution in [3.05, 3.63) is 35.6 Å². The Morgan fingerprint density at radius 2 is 2.00 bits per heavy atom. The van der Waals surface area contributed by atoms with E-state index in [1.165, 1.54) is 12.1 Å². The summed E-state index contributed by atoms with van der Waals surface area (Å²) in [5, 5.41) is 6.31. The van der Waals surface area contributed by atoms with Crippen LogP contribution in [0.15, 0.2) is 24.3 Å². The zero-order valence-electron chi connectivity index (χ0n) is 12.6. The molecule has 1 fully saturated rings. The fourth-order valence-electron chi connectivity index (χ4n) is 2.80. The van der Waals surface area contributed by atoms with Gasteiger partial charge in [0, 0.05) is 7.11 Å². The van der Waals surface area contributed by atoms with E-state index in [0.717, 1.165) is 31.5 Å². The van der Waals surface area contributed by atoms with E-state index in [1.54, 1.807) is 19.2 Å². The van der Waals surface area contributed by atoms with Crippen LogP contribution in [0.3, 0.4) is 0 Å². The Morgan fingerprint density at radius 3 is 2.57 bits per heavy atom. The fourth-order valence-corrected chi connectivity index (χ4v) is 2.80. The summed E-state index contributed by atoms with van der Waals surface area (Å²) < 4.78 is 18.2. The van der Waals surface area contributed by atoms with Gasteiger partial charge in [-0.3, -0.25) is 4.79 Å². The lowest BCUT2D eigenvalue weighted by Gasteiger charge is -2.36. The molecule has 116 valence electrons. The Kier molecular flexibility index (Phi) is 5.31. The Hall–Kier alpha value is -1.46.